The van der Waals surface area contributed by atoms with Crippen molar-refractivity contribution in [1.29, 1.82) is 0 Å². The molecule has 3 rings (SSSR count). The van der Waals surface area contributed by atoms with Gasteiger partial charge in [-0.2, -0.15) is 4.31 Å². The molecular weight excluding hydrogens is 434 g/mol. The first-order valence-corrected chi connectivity index (χ1v) is 12.4. The summed E-state index contributed by atoms with van der Waals surface area (Å²) < 4.78 is 27.5. The molecule has 1 aliphatic heterocycles. The van der Waals surface area contributed by atoms with E-state index in [2.05, 4.69) is 19.2 Å². The highest BCUT2D eigenvalue weighted by molar-refractivity contribution is 7.89. The van der Waals surface area contributed by atoms with Crippen molar-refractivity contribution >= 4 is 33.2 Å². The molecule has 0 saturated carbocycles. The highest BCUT2D eigenvalue weighted by atomic mass is 35.5. The average molecular weight is 464 g/mol. The number of carbonyl (C=O) groups is 1. The van der Waals surface area contributed by atoms with Gasteiger partial charge in [-0.1, -0.05) is 37.6 Å². The van der Waals surface area contributed by atoms with Gasteiger partial charge in [0.1, 0.15) is 0 Å². The number of nitrogens with one attached hydrogen (secondary N) is 1. The first-order valence-electron chi connectivity index (χ1n) is 10.6. The van der Waals surface area contributed by atoms with Crippen molar-refractivity contribution in [2.75, 3.05) is 38.0 Å². The van der Waals surface area contributed by atoms with E-state index in [0.29, 0.717) is 42.0 Å². The van der Waals surface area contributed by atoms with Gasteiger partial charge in [0.25, 0.3) is 0 Å². The van der Waals surface area contributed by atoms with Crippen LogP contribution in [0.4, 0.5) is 5.69 Å². The number of rotatable bonds is 7. The van der Waals surface area contributed by atoms with Crippen LogP contribution in [0.15, 0.2) is 47.4 Å². The average Bonchev–Trinajstić information content (AvgIpc) is 2.75. The van der Waals surface area contributed by atoms with Gasteiger partial charge in [-0.05, 0) is 60.7 Å². The Hall–Kier alpha value is -1.93. The lowest BCUT2D eigenvalue weighted by Crippen LogP contribution is -2.50. The molecule has 8 heteroatoms. The fourth-order valence-electron chi connectivity index (χ4n) is 3.64. The van der Waals surface area contributed by atoms with E-state index >= 15 is 0 Å². The van der Waals surface area contributed by atoms with Gasteiger partial charge >= 0.3 is 0 Å². The van der Waals surface area contributed by atoms with Crippen LogP contribution in [-0.2, 0) is 14.8 Å². The minimum absolute atomic E-state index is 0.123. The maximum atomic E-state index is 13.0. The topological polar surface area (TPSA) is 69.7 Å². The van der Waals surface area contributed by atoms with Crippen LogP contribution in [0.3, 0.4) is 0 Å². The van der Waals surface area contributed by atoms with E-state index in [4.69, 9.17) is 11.6 Å². The molecule has 1 fully saturated rings. The number of carbonyl (C=O) groups excluding carboxylic acids is 1. The van der Waals surface area contributed by atoms with Gasteiger partial charge in [-0.3, -0.25) is 9.69 Å². The van der Waals surface area contributed by atoms with E-state index < -0.39 is 10.0 Å². The molecule has 1 saturated heterocycles. The molecule has 2 aromatic rings. The highest BCUT2D eigenvalue weighted by Crippen LogP contribution is 2.23. The van der Waals surface area contributed by atoms with Gasteiger partial charge in [0.15, 0.2) is 0 Å². The molecule has 31 heavy (non-hydrogen) atoms. The molecular formula is C23H30ClN3O3S. The van der Waals surface area contributed by atoms with E-state index in [1.54, 1.807) is 30.3 Å². The second-order valence-electron chi connectivity index (χ2n) is 8.07. The van der Waals surface area contributed by atoms with Crippen LogP contribution >= 0.6 is 11.6 Å². The molecule has 0 aromatic heterocycles. The molecule has 0 bridgehead atoms. The first-order chi connectivity index (χ1) is 14.7. The molecule has 1 N–H and O–H groups in total. The standard InChI is InChI=1S/C23H30ClN3O3S/c1-4-17(2)19-5-8-21(9-6-19)31(29,30)27-13-11-26(12-14-27)16-23(28)25-22-10-7-20(24)15-18(22)3/h5-10,15,17H,4,11-14,16H2,1-3H3,(H,25,28). The lowest BCUT2D eigenvalue weighted by molar-refractivity contribution is -0.117. The quantitative estimate of drug-likeness (QED) is 0.670. The zero-order valence-corrected chi connectivity index (χ0v) is 19.8. The molecule has 1 aliphatic rings. The summed E-state index contributed by atoms with van der Waals surface area (Å²) in [5.74, 6) is 0.283. The van der Waals surface area contributed by atoms with E-state index in [1.165, 1.54) is 4.31 Å². The number of anilines is 1. The van der Waals surface area contributed by atoms with E-state index in [-0.39, 0.29) is 12.5 Å². The third kappa shape index (κ3) is 5.86. The molecule has 1 amide bonds. The van der Waals surface area contributed by atoms with Crippen LogP contribution in [0.1, 0.15) is 37.3 Å². The molecule has 1 atom stereocenters. The van der Waals surface area contributed by atoms with E-state index in [1.807, 2.05) is 24.0 Å². The van der Waals surface area contributed by atoms with Gasteiger partial charge in [0, 0.05) is 36.9 Å². The van der Waals surface area contributed by atoms with Gasteiger partial charge < -0.3 is 5.32 Å². The summed E-state index contributed by atoms with van der Waals surface area (Å²) in [5.41, 5.74) is 2.78. The van der Waals surface area contributed by atoms with Crippen molar-refractivity contribution in [3.8, 4) is 0 Å². The van der Waals surface area contributed by atoms with Gasteiger partial charge in [-0.15, -0.1) is 0 Å². The number of aryl methyl sites for hydroxylation is 1. The summed E-state index contributed by atoms with van der Waals surface area (Å²) >= 11 is 5.96. The zero-order chi connectivity index (χ0) is 22.6. The fraction of sp³-hybridized carbons (Fsp3) is 0.435. The second kappa shape index (κ2) is 10.1. The summed E-state index contributed by atoms with van der Waals surface area (Å²) in [6.07, 6.45) is 1.01. The fourth-order valence-corrected chi connectivity index (χ4v) is 5.29. The Balaban J connectivity index is 1.55. The van der Waals surface area contributed by atoms with Crippen LogP contribution in [0.25, 0.3) is 0 Å². The second-order valence-corrected chi connectivity index (χ2v) is 10.4. The molecule has 0 spiro atoms. The highest BCUT2D eigenvalue weighted by Gasteiger charge is 2.29. The Bertz CT molecular complexity index is 1020. The molecule has 0 radical (unpaired) electrons. The van der Waals surface area contributed by atoms with Crippen LogP contribution in [0.5, 0.6) is 0 Å². The van der Waals surface area contributed by atoms with Crippen LogP contribution in [0.2, 0.25) is 5.02 Å². The monoisotopic (exact) mass is 463 g/mol. The molecule has 2 aromatic carbocycles. The predicted octanol–water partition coefficient (Wildman–Crippen LogP) is 4.11. The third-order valence-corrected chi connectivity index (χ3v) is 8.01. The lowest BCUT2D eigenvalue weighted by atomic mass is 9.99. The number of hydrogen-bond acceptors (Lipinski definition) is 4. The van der Waals surface area contributed by atoms with Gasteiger partial charge in [-0.25, -0.2) is 8.42 Å². The smallest absolute Gasteiger partial charge is 0.243 e. The Morgan fingerprint density at radius 2 is 1.74 bits per heavy atom. The zero-order valence-electron chi connectivity index (χ0n) is 18.3. The SMILES string of the molecule is CCC(C)c1ccc(S(=O)(=O)N2CCN(CC(=O)Nc3ccc(Cl)cc3C)CC2)cc1. The van der Waals surface area contributed by atoms with Crippen molar-refractivity contribution in [2.24, 2.45) is 0 Å². The predicted molar refractivity (Wildman–Crippen MR) is 125 cm³/mol. The van der Waals surface area contributed by atoms with Gasteiger partial charge in [0.2, 0.25) is 15.9 Å². The van der Waals surface area contributed by atoms with Crippen LogP contribution < -0.4 is 5.32 Å². The molecule has 1 unspecified atom stereocenters. The normalized spacial score (nSPS) is 16.8. The maximum Gasteiger partial charge on any atom is 0.243 e. The number of piperazine rings is 1. The Morgan fingerprint density at radius 3 is 2.32 bits per heavy atom. The number of hydrogen-bond donors (Lipinski definition) is 1. The molecule has 168 valence electrons. The number of halogens is 1. The van der Waals surface area contributed by atoms with E-state index in [9.17, 15) is 13.2 Å². The summed E-state index contributed by atoms with van der Waals surface area (Å²) in [7, 11) is -3.53. The summed E-state index contributed by atoms with van der Waals surface area (Å²) in [4.78, 5) is 14.7. The number of sulfonamides is 1. The number of benzene rings is 2. The molecule has 0 aliphatic carbocycles. The van der Waals surface area contributed by atoms with Crippen molar-refractivity contribution in [3.05, 3.63) is 58.6 Å². The first kappa shape index (κ1) is 23.7. The maximum absolute atomic E-state index is 13.0. The minimum atomic E-state index is -3.53. The van der Waals surface area contributed by atoms with Crippen LogP contribution in [0, 0.1) is 6.92 Å². The summed E-state index contributed by atoms with van der Waals surface area (Å²) in [5, 5.41) is 3.53. The van der Waals surface area contributed by atoms with Crippen molar-refractivity contribution in [3.63, 3.8) is 0 Å². The largest absolute Gasteiger partial charge is 0.325 e. The lowest BCUT2D eigenvalue weighted by Gasteiger charge is -2.33. The van der Waals surface area contributed by atoms with Gasteiger partial charge in [0.05, 0.1) is 11.4 Å². The molecule has 1 heterocycles. The van der Waals surface area contributed by atoms with Crippen molar-refractivity contribution in [1.82, 2.24) is 9.21 Å². The third-order valence-electron chi connectivity index (χ3n) is 5.86. The molecule has 6 nitrogen and oxygen atoms in total. The Morgan fingerprint density at radius 1 is 1.10 bits per heavy atom. The summed E-state index contributed by atoms with van der Waals surface area (Å²) in [6, 6.07) is 12.5. The summed E-state index contributed by atoms with van der Waals surface area (Å²) in [6.45, 7) is 8.11. The van der Waals surface area contributed by atoms with Crippen LogP contribution in [-0.4, -0.2) is 56.3 Å². The number of nitrogens with zero attached hydrogens (tertiary/aromatic N) is 2. The van der Waals surface area contributed by atoms with Crippen molar-refractivity contribution < 1.29 is 13.2 Å². The number of amides is 1. The Kier molecular flexibility index (Phi) is 7.75. The van der Waals surface area contributed by atoms with Crippen molar-refractivity contribution in [2.45, 2.75) is 38.0 Å². The Labute approximate surface area is 190 Å². The van der Waals surface area contributed by atoms with E-state index in [0.717, 1.165) is 23.2 Å². The minimum Gasteiger partial charge on any atom is -0.325 e.